The Kier molecular flexibility index (Phi) is 3.83. The molecule has 0 saturated heterocycles. The minimum absolute atomic E-state index is 0.0221. The van der Waals surface area contributed by atoms with E-state index in [1.165, 1.54) is 6.07 Å². The molecule has 0 amide bonds. The van der Waals surface area contributed by atoms with Crippen LogP contribution in [0.3, 0.4) is 0 Å². The van der Waals surface area contributed by atoms with E-state index in [1.807, 2.05) is 0 Å². The first-order valence-electron chi connectivity index (χ1n) is 5.92. The van der Waals surface area contributed by atoms with E-state index < -0.39 is 28.2 Å². The fourth-order valence-corrected chi connectivity index (χ4v) is 1.92. The summed E-state index contributed by atoms with van der Waals surface area (Å²) in [5, 5.41) is 21.1. The molecule has 0 bridgehead atoms. The Morgan fingerprint density at radius 3 is 2.55 bits per heavy atom. The molecule has 0 fully saturated rings. The lowest BCUT2D eigenvalue weighted by Gasteiger charge is -2.31. The third kappa shape index (κ3) is 2.37. The Balaban J connectivity index is 2.61. The molecule has 0 aliphatic carbocycles. The molecule has 1 heterocycles. The van der Waals surface area contributed by atoms with Crippen LogP contribution in [-0.2, 0) is 19.1 Å². The second kappa shape index (κ2) is 5.45. The van der Waals surface area contributed by atoms with Crippen LogP contribution in [0, 0.1) is 10.1 Å². The number of benzene rings is 1. The fourth-order valence-electron chi connectivity index (χ4n) is 1.92. The zero-order chi connectivity index (χ0) is 16.5. The highest BCUT2D eigenvalue weighted by atomic mass is 16.7. The quantitative estimate of drug-likeness (QED) is 0.483. The van der Waals surface area contributed by atoms with E-state index in [-0.39, 0.29) is 17.0 Å². The van der Waals surface area contributed by atoms with Gasteiger partial charge in [-0.2, -0.15) is 0 Å². The summed E-state index contributed by atoms with van der Waals surface area (Å²) >= 11 is 0. The van der Waals surface area contributed by atoms with Gasteiger partial charge in [0, 0.05) is 17.7 Å². The van der Waals surface area contributed by atoms with Crippen LogP contribution < -0.4 is 4.74 Å². The van der Waals surface area contributed by atoms with Gasteiger partial charge in [0.15, 0.2) is 0 Å². The molecule has 1 aliphatic heterocycles. The monoisotopic (exact) mass is 309 g/mol. The number of rotatable bonds is 3. The van der Waals surface area contributed by atoms with E-state index in [0.717, 1.165) is 32.4 Å². The summed E-state index contributed by atoms with van der Waals surface area (Å²) in [5.74, 6) is -4.98. The molecule has 1 atom stereocenters. The molecule has 9 nitrogen and oxygen atoms in total. The number of hydrogen-bond donors (Lipinski definition) is 1. The highest BCUT2D eigenvalue weighted by molar-refractivity contribution is 6.04. The number of hydrogen-bond acceptors (Lipinski definition) is 8. The van der Waals surface area contributed by atoms with E-state index in [1.54, 1.807) is 0 Å². The third-order valence-electron chi connectivity index (χ3n) is 2.99. The van der Waals surface area contributed by atoms with Gasteiger partial charge in [0.2, 0.25) is 0 Å². The van der Waals surface area contributed by atoms with Gasteiger partial charge in [-0.3, -0.25) is 10.1 Å². The topological polar surface area (TPSA) is 125 Å². The van der Waals surface area contributed by atoms with Gasteiger partial charge < -0.3 is 19.3 Å². The smallest absolute Gasteiger partial charge is 0.384 e. The number of fused-ring (bicyclic) bond motifs is 1. The van der Waals surface area contributed by atoms with Crippen LogP contribution in [-0.4, -0.2) is 42.0 Å². The fraction of sp³-hybridized carbons (Fsp3) is 0.231. The van der Waals surface area contributed by atoms with Gasteiger partial charge in [-0.05, 0) is 12.1 Å². The van der Waals surface area contributed by atoms with Gasteiger partial charge in [0.25, 0.3) is 5.69 Å². The first kappa shape index (κ1) is 15.4. The number of aliphatic hydroxyl groups is 1. The molecular weight excluding hydrogens is 298 g/mol. The number of non-ortho nitro benzene ring substituents is 1. The highest BCUT2D eigenvalue weighted by Crippen LogP contribution is 2.37. The first-order valence-corrected chi connectivity index (χ1v) is 5.92. The maximum atomic E-state index is 11.8. The molecule has 1 aromatic rings. The molecular formula is C13H11NO8. The van der Waals surface area contributed by atoms with Crippen LogP contribution in [0.25, 0.3) is 6.08 Å². The van der Waals surface area contributed by atoms with Crippen molar-refractivity contribution < 1.29 is 33.8 Å². The third-order valence-corrected chi connectivity index (χ3v) is 2.99. The summed E-state index contributed by atoms with van der Waals surface area (Å²) in [4.78, 5) is 33.6. The number of carbonyl (C=O) groups is 2. The summed E-state index contributed by atoms with van der Waals surface area (Å²) in [7, 11) is 2.05. The van der Waals surface area contributed by atoms with E-state index in [4.69, 9.17) is 4.74 Å². The van der Waals surface area contributed by atoms with Crippen LogP contribution in [0.1, 0.15) is 5.56 Å². The van der Waals surface area contributed by atoms with Crippen molar-refractivity contribution in [1.82, 2.24) is 0 Å². The van der Waals surface area contributed by atoms with Crippen LogP contribution in [0.5, 0.6) is 5.75 Å². The van der Waals surface area contributed by atoms with Crippen molar-refractivity contribution >= 4 is 23.7 Å². The summed E-state index contributed by atoms with van der Waals surface area (Å²) < 4.78 is 14.0. The van der Waals surface area contributed by atoms with Crippen LogP contribution in [0.4, 0.5) is 5.69 Å². The number of nitrogens with zero attached hydrogens (tertiary/aromatic N) is 1. The van der Waals surface area contributed by atoms with Crippen LogP contribution in [0.15, 0.2) is 23.8 Å². The number of methoxy groups -OCH3 is 2. The minimum atomic E-state index is -2.69. The molecule has 116 valence electrons. The van der Waals surface area contributed by atoms with Gasteiger partial charge in [-0.25, -0.2) is 9.59 Å². The van der Waals surface area contributed by atoms with Crippen molar-refractivity contribution in [2.45, 2.75) is 5.79 Å². The molecule has 2 rings (SSSR count). The van der Waals surface area contributed by atoms with Crippen molar-refractivity contribution in [2.24, 2.45) is 0 Å². The molecule has 0 radical (unpaired) electrons. The highest BCUT2D eigenvalue weighted by Gasteiger charge is 2.50. The lowest BCUT2D eigenvalue weighted by molar-refractivity contribution is -0.384. The van der Waals surface area contributed by atoms with E-state index in [0.29, 0.717) is 0 Å². The van der Waals surface area contributed by atoms with E-state index in [9.17, 15) is 24.8 Å². The Morgan fingerprint density at radius 1 is 1.32 bits per heavy atom. The summed E-state index contributed by atoms with van der Waals surface area (Å²) in [6.45, 7) is 0. The second-order valence-corrected chi connectivity index (χ2v) is 4.27. The molecule has 9 heteroatoms. The number of esters is 2. The van der Waals surface area contributed by atoms with Gasteiger partial charge >= 0.3 is 17.7 Å². The Labute approximate surface area is 123 Å². The SMILES string of the molecule is COC(=O)C1=Cc2cc([N+](=O)[O-])ccc2OC1(O)C(=O)OC. The summed E-state index contributed by atoms with van der Waals surface area (Å²) in [6, 6.07) is 3.47. The Bertz CT molecular complexity index is 695. The molecule has 1 aromatic carbocycles. The van der Waals surface area contributed by atoms with Gasteiger partial charge in [-0.1, -0.05) is 0 Å². The normalized spacial score (nSPS) is 19.3. The average molecular weight is 309 g/mol. The van der Waals surface area contributed by atoms with Gasteiger partial charge in [0.1, 0.15) is 11.3 Å². The molecule has 0 spiro atoms. The number of ether oxygens (including phenoxy) is 3. The number of carbonyl (C=O) groups excluding carboxylic acids is 2. The van der Waals surface area contributed by atoms with Crippen LogP contribution in [0.2, 0.25) is 0 Å². The largest absolute Gasteiger partial charge is 0.465 e. The molecule has 1 N–H and O–H groups in total. The number of nitro groups is 1. The lowest BCUT2D eigenvalue weighted by Crippen LogP contribution is -2.50. The molecule has 0 saturated carbocycles. The molecule has 1 unspecified atom stereocenters. The Morgan fingerprint density at radius 2 is 2.00 bits per heavy atom. The number of nitro benzene ring substituents is 1. The second-order valence-electron chi connectivity index (χ2n) is 4.27. The standard InChI is InChI=1S/C13H11NO8/c1-20-11(15)9-6-7-5-8(14(18)19)3-4-10(7)22-13(9,17)12(16)21-2/h3-6,17H,1-2H3. The molecule has 1 aliphatic rings. The summed E-state index contributed by atoms with van der Waals surface area (Å²) in [6.07, 6.45) is 1.08. The Hall–Kier alpha value is -2.94. The maximum absolute atomic E-state index is 11.8. The van der Waals surface area contributed by atoms with Crippen molar-refractivity contribution in [3.05, 3.63) is 39.4 Å². The molecule has 0 aromatic heterocycles. The van der Waals surface area contributed by atoms with Crippen molar-refractivity contribution in [3.8, 4) is 5.75 Å². The molecule has 22 heavy (non-hydrogen) atoms. The lowest BCUT2D eigenvalue weighted by atomic mass is 9.98. The van der Waals surface area contributed by atoms with Crippen molar-refractivity contribution in [3.63, 3.8) is 0 Å². The predicted molar refractivity (Wildman–Crippen MR) is 70.7 cm³/mol. The summed E-state index contributed by atoms with van der Waals surface area (Å²) in [5.41, 5.74) is -0.649. The van der Waals surface area contributed by atoms with E-state index in [2.05, 4.69) is 9.47 Å². The predicted octanol–water partition coefficient (Wildman–Crippen LogP) is 0.405. The first-order chi connectivity index (χ1) is 10.3. The van der Waals surface area contributed by atoms with Gasteiger partial charge in [-0.15, -0.1) is 0 Å². The van der Waals surface area contributed by atoms with E-state index >= 15 is 0 Å². The van der Waals surface area contributed by atoms with Crippen molar-refractivity contribution in [1.29, 1.82) is 0 Å². The van der Waals surface area contributed by atoms with Gasteiger partial charge in [0.05, 0.1) is 19.1 Å². The van der Waals surface area contributed by atoms with Crippen LogP contribution >= 0.6 is 0 Å². The zero-order valence-electron chi connectivity index (χ0n) is 11.6. The maximum Gasteiger partial charge on any atom is 0.384 e. The zero-order valence-corrected chi connectivity index (χ0v) is 11.6. The minimum Gasteiger partial charge on any atom is -0.465 e. The average Bonchev–Trinajstić information content (AvgIpc) is 2.51. The van der Waals surface area contributed by atoms with Crippen molar-refractivity contribution in [2.75, 3.05) is 14.2 Å².